The van der Waals surface area contributed by atoms with Crippen LogP contribution in [-0.2, 0) is 20.9 Å². The molecule has 0 saturated carbocycles. The van der Waals surface area contributed by atoms with Crippen molar-refractivity contribution in [3.8, 4) is 0 Å². The number of aromatic nitrogens is 1. The van der Waals surface area contributed by atoms with Crippen LogP contribution in [0.1, 0.15) is 18.2 Å². The minimum atomic E-state index is -0.374. The third-order valence-electron chi connectivity index (χ3n) is 5.26. The number of nitrogens with one attached hydrogen (secondary N) is 1. The SMILES string of the molecule is Cc1cc(NC(=O)C(C)SCC(=O)N2CC(OCc3cccc4ccccc34)C2)no1. The third kappa shape index (κ3) is 5.26. The van der Waals surface area contributed by atoms with E-state index in [2.05, 4.69) is 34.7 Å². The summed E-state index contributed by atoms with van der Waals surface area (Å²) < 4.78 is 10.9. The highest BCUT2D eigenvalue weighted by Crippen LogP contribution is 2.22. The second-order valence-electron chi connectivity index (χ2n) is 7.64. The van der Waals surface area contributed by atoms with E-state index in [1.54, 1.807) is 24.8 Å². The number of benzene rings is 2. The molecule has 2 heterocycles. The minimum absolute atomic E-state index is 0.0203. The van der Waals surface area contributed by atoms with E-state index in [1.807, 2.05) is 18.2 Å². The van der Waals surface area contributed by atoms with Crippen LogP contribution in [0.15, 0.2) is 53.1 Å². The number of hydrogen-bond acceptors (Lipinski definition) is 6. The molecule has 3 aromatic rings. The molecule has 1 aliphatic heterocycles. The van der Waals surface area contributed by atoms with Crippen LogP contribution < -0.4 is 5.32 Å². The van der Waals surface area contributed by atoms with E-state index in [-0.39, 0.29) is 28.9 Å². The number of carbonyl (C=O) groups excluding carboxylic acids is 2. The lowest BCUT2D eigenvalue weighted by atomic mass is 10.1. The number of aryl methyl sites for hydroxylation is 1. The Morgan fingerprint density at radius 1 is 1.26 bits per heavy atom. The lowest BCUT2D eigenvalue weighted by Gasteiger charge is -2.39. The van der Waals surface area contributed by atoms with Gasteiger partial charge in [0.2, 0.25) is 11.8 Å². The average Bonchev–Trinajstić information content (AvgIpc) is 3.15. The van der Waals surface area contributed by atoms with E-state index in [0.29, 0.717) is 31.3 Å². The summed E-state index contributed by atoms with van der Waals surface area (Å²) in [5, 5.41) is 8.45. The van der Waals surface area contributed by atoms with Crippen LogP contribution in [0.25, 0.3) is 10.8 Å². The summed E-state index contributed by atoms with van der Waals surface area (Å²) in [6, 6.07) is 16.1. The van der Waals surface area contributed by atoms with Crippen LogP contribution in [0.5, 0.6) is 0 Å². The van der Waals surface area contributed by atoms with Crippen molar-refractivity contribution in [1.82, 2.24) is 10.1 Å². The van der Waals surface area contributed by atoms with Crippen LogP contribution in [0.2, 0.25) is 0 Å². The second-order valence-corrected chi connectivity index (χ2v) is 8.96. The number of anilines is 1. The van der Waals surface area contributed by atoms with Gasteiger partial charge in [0.1, 0.15) is 5.76 Å². The molecular formula is C23H25N3O4S. The molecule has 8 heteroatoms. The molecule has 1 N–H and O–H groups in total. The maximum Gasteiger partial charge on any atom is 0.238 e. The zero-order valence-corrected chi connectivity index (χ0v) is 18.4. The van der Waals surface area contributed by atoms with Crippen molar-refractivity contribution in [2.24, 2.45) is 0 Å². The van der Waals surface area contributed by atoms with Gasteiger partial charge in [0.25, 0.3) is 0 Å². The molecule has 1 aliphatic rings. The maximum absolute atomic E-state index is 12.4. The Morgan fingerprint density at radius 2 is 2.03 bits per heavy atom. The molecule has 7 nitrogen and oxygen atoms in total. The van der Waals surface area contributed by atoms with E-state index in [4.69, 9.17) is 9.26 Å². The first-order valence-electron chi connectivity index (χ1n) is 10.2. The summed E-state index contributed by atoms with van der Waals surface area (Å²) in [5.41, 5.74) is 1.15. The Morgan fingerprint density at radius 3 is 2.81 bits per heavy atom. The highest BCUT2D eigenvalue weighted by Gasteiger charge is 2.31. The van der Waals surface area contributed by atoms with Crippen LogP contribution in [0, 0.1) is 6.92 Å². The Hall–Kier alpha value is -2.84. The fourth-order valence-electron chi connectivity index (χ4n) is 3.39. The number of thioether (sulfide) groups is 1. The molecule has 1 fully saturated rings. The van der Waals surface area contributed by atoms with Crippen molar-refractivity contribution in [3.05, 3.63) is 59.9 Å². The van der Waals surface area contributed by atoms with Crippen molar-refractivity contribution in [3.63, 3.8) is 0 Å². The van der Waals surface area contributed by atoms with Gasteiger partial charge in [-0.05, 0) is 30.2 Å². The lowest BCUT2D eigenvalue weighted by molar-refractivity contribution is -0.142. The fraction of sp³-hybridized carbons (Fsp3) is 0.348. The molecule has 0 spiro atoms. The number of hydrogen-bond donors (Lipinski definition) is 1. The molecule has 0 aliphatic carbocycles. The van der Waals surface area contributed by atoms with Crippen LogP contribution in [0.3, 0.4) is 0 Å². The highest BCUT2D eigenvalue weighted by atomic mass is 32.2. The summed E-state index contributed by atoms with van der Waals surface area (Å²) in [6.45, 7) is 5.23. The normalized spacial score (nSPS) is 15.0. The topological polar surface area (TPSA) is 84.7 Å². The third-order valence-corrected chi connectivity index (χ3v) is 6.39. The van der Waals surface area contributed by atoms with E-state index in [9.17, 15) is 9.59 Å². The molecule has 1 atom stereocenters. The first-order chi connectivity index (χ1) is 15.0. The molecule has 1 saturated heterocycles. The fourth-order valence-corrected chi connectivity index (χ4v) is 4.18. The average molecular weight is 440 g/mol. The van der Waals surface area contributed by atoms with Crippen molar-refractivity contribution < 1.29 is 18.8 Å². The van der Waals surface area contributed by atoms with Crippen molar-refractivity contribution in [1.29, 1.82) is 0 Å². The zero-order chi connectivity index (χ0) is 21.8. The molecular weight excluding hydrogens is 414 g/mol. The van der Waals surface area contributed by atoms with Crippen LogP contribution in [-0.4, -0.2) is 52.1 Å². The first kappa shape index (κ1) is 21.4. The molecule has 4 rings (SSSR count). The number of carbonyl (C=O) groups is 2. The molecule has 0 radical (unpaired) electrons. The van der Waals surface area contributed by atoms with Crippen LogP contribution >= 0.6 is 11.8 Å². The molecule has 2 aromatic carbocycles. The van der Waals surface area contributed by atoms with Gasteiger partial charge in [-0.3, -0.25) is 9.59 Å². The first-order valence-corrected chi connectivity index (χ1v) is 11.3. The van der Waals surface area contributed by atoms with E-state index in [1.165, 1.54) is 22.5 Å². The van der Waals surface area contributed by atoms with Gasteiger partial charge in [0, 0.05) is 19.2 Å². The predicted molar refractivity (Wildman–Crippen MR) is 121 cm³/mol. The standard InChI is InChI=1S/C23H25N3O4S/c1-15-10-21(25-30-15)24-23(28)16(2)31-14-22(27)26-11-19(12-26)29-13-18-8-5-7-17-6-3-4-9-20(17)18/h3-10,16,19H,11-14H2,1-2H3,(H,24,25,28). The van der Waals surface area contributed by atoms with Crippen molar-refractivity contribution >= 4 is 40.2 Å². The molecule has 1 unspecified atom stereocenters. The van der Waals surface area contributed by atoms with Crippen molar-refractivity contribution in [2.45, 2.75) is 31.8 Å². The number of fused-ring (bicyclic) bond motifs is 1. The molecule has 31 heavy (non-hydrogen) atoms. The Labute approximate surface area is 185 Å². The second kappa shape index (κ2) is 9.53. The van der Waals surface area contributed by atoms with Crippen molar-refractivity contribution in [2.75, 3.05) is 24.2 Å². The Balaban J connectivity index is 1.17. The summed E-state index contributed by atoms with van der Waals surface area (Å²) in [7, 11) is 0. The smallest absolute Gasteiger partial charge is 0.238 e. The van der Waals surface area contributed by atoms with Gasteiger partial charge in [0.05, 0.1) is 23.7 Å². The van der Waals surface area contributed by atoms with E-state index < -0.39 is 0 Å². The summed E-state index contributed by atoms with van der Waals surface area (Å²) in [4.78, 5) is 26.4. The van der Waals surface area contributed by atoms with Gasteiger partial charge in [0.15, 0.2) is 5.82 Å². The maximum atomic E-state index is 12.4. The molecule has 162 valence electrons. The van der Waals surface area contributed by atoms with Gasteiger partial charge in [-0.25, -0.2) is 0 Å². The summed E-state index contributed by atoms with van der Waals surface area (Å²) >= 11 is 1.31. The zero-order valence-electron chi connectivity index (χ0n) is 17.5. The van der Waals surface area contributed by atoms with E-state index >= 15 is 0 Å². The molecule has 2 amide bonds. The summed E-state index contributed by atoms with van der Waals surface area (Å²) in [6.07, 6.45) is 0.0454. The monoisotopic (exact) mass is 439 g/mol. The number of ether oxygens (including phenoxy) is 1. The Bertz CT molecular complexity index is 1070. The van der Waals surface area contributed by atoms with Gasteiger partial charge in [-0.15, -0.1) is 11.8 Å². The minimum Gasteiger partial charge on any atom is -0.370 e. The van der Waals surface area contributed by atoms with Gasteiger partial charge < -0.3 is 19.5 Å². The molecule has 1 aromatic heterocycles. The van der Waals surface area contributed by atoms with Gasteiger partial charge in [-0.2, -0.15) is 0 Å². The lowest BCUT2D eigenvalue weighted by Crippen LogP contribution is -2.55. The predicted octanol–water partition coefficient (Wildman–Crippen LogP) is 3.62. The number of nitrogens with zero attached hydrogens (tertiary/aromatic N) is 2. The van der Waals surface area contributed by atoms with Crippen LogP contribution in [0.4, 0.5) is 5.82 Å². The van der Waals surface area contributed by atoms with Gasteiger partial charge in [-0.1, -0.05) is 47.6 Å². The number of rotatable bonds is 8. The Kier molecular flexibility index (Phi) is 6.58. The van der Waals surface area contributed by atoms with Gasteiger partial charge >= 0.3 is 0 Å². The quantitative estimate of drug-likeness (QED) is 0.577. The largest absolute Gasteiger partial charge is 0.370 e. The summed E-state index contributed by atoms with van der Waals surface area (Å²) in [5.74, 6) is 1.08. The highest BCUT2D eigenvalue weighted by molar-refractivity contribution is 8.01. The molecule has 0 bridgehead atoms. The number of amides is 2. The number of likely N-dealkylation sites (tertiary alicyclic amines) is 1. The van der Waals surface area contributed by atoms with E-state index in [0.717, 1.165) is 5.56 Å².